The van der Waals surface area contributed by atoms with Crippen molar-refractivity contribution >= 4 is 5.96 Å². The van der Waals surface area contributed by atoms with Crippen LogP contribution in [0.4, 0.5) is 0 Å². The fourth-order valence-electron chi connectivity index (χ4n) is 1.97. The van der Waals surface area contributed by atoms with Crippen LogP contribution >= 0.6 is 0 Å². The van der Waals surface area contributed by atoms with Gasteiger partial charge in [0.25, 0.3) is 0 Å². The molecule has 0 fully saturated rings. The molecule has 0 saturated carbocycles. The number of benzene rings is 1. The Bertz CT molecular complexity index is 465. The second-order valence-corrected chi connectivity index (χ2v) is 4.62. The lowest BCUT2D eigenvalue weighted by Crippen LogP contribution is -2.37. The summed E-state index contributed by atoms with van der Waals surface area (Å²) >= 11 is 0. The van der Waals surface area contributed by atoms with Gasteiger partial charge in [0, 0.05) is 20.1 Å². The first-order valence-electron chi connectivity index (χ1n) is 7.52. The number of hydrogen-bond acceptors (Lipinski definition) is 4. The van der Waals surface area contributed by atoms with Gasteiger partial charge in [-0.05, 0) is 31.0 Å². The van der Waals surface area contributed by atoms with Gasteiger partial charge in [0.1, 0.15) is 0 Å². The second kappa shape index (κ2) is 9.76. The highest BCUT2D eigenvalue weighted by Crippen LogP contribution is 2.38. The Morgan fingerprint density at radius 3 is 2.18 bits per heavy atom. The van der Waals surface area contributed by atoms with E-state index in [-0.39, 0.29) is 0 Å². The molecular formula is C16H27N3O3. The Hall–Kier alpha value is -2.11. The lowest BCUT2D eigenvalue weighted by Gasteiger charge is -2.16. The molecule has 1 aromatic carbocycles. The van der Waals surface area contributed by atoms with Crippen LogP contribution in [0.3, 0.4) is 0 Å². The highest BCUT2D eigenvalue weighted by Gasteiger charge is 2.13. The quantitative estimate of drug-likeness (QED) is 0.569. The van der Waals surface area contributed by atoms with E-state index in [1.165, 1.54) is 0 Å². The fraction of sp³-hybridized carbons (Fsp3) is 0.562. The van der Waals surface area contributed by atoms with Crippen LogP contribution in [0.2, 0.25) is 0 Å². The number of rotatable bonds is 8. The molecule has 1 rings (SSSR count). The van der Waals surface area contributed by atoms with E-state index in [2.05, 4.69) is 22.5 Å². The average Bonchev–Trinajstić information content (AvgIpc) is 2.55. The third kappa shape index (κ3) is 5.02. The van der Waals surface area contributed by atoms with Gasteiger partial charge in [-0.2, -0.15) is 0 Å². The molecular weight excluding hydrogens is 282 g/mol. The second-order valence-electron chi connectivity index (χ2n) is 4.62. The van der Waals surface area contributed by atoms with Gasteiger partial charge < -0.3 is 24.8 Å². The zero-order valence-corrected chi connectivity index (χ0v) is 14.2. The van der Waals surface area contributed by atoms with Gasteiger partial charge >= 0.3 is 0 Å². The van der Waals surface area contributed by atoms with Crippen LogP contribution in [0, 0.1) is 0 Å². The maximum Gasteiger partial charge on any atom is 0.203 e. The highest BCUT2D eigenvalue weighted by atomic mass is 16.5. The lowest BCUT2D eigenvalue weighted by atomic mass is 10.2. The summed E-state index contributed by atoms with van der Waals surface area (Å²) in [7, 11) is 5.00. The molecule has 6 nitrogen and oxygen atoms in total. The molecule has 124 valence electrons. The molecule has 2 N–H and O–H groups in total. The van der Waals surface area contributed by atoms with Gasteiger partial charge in [-0.25, -0.2) is 0 Å². The van der Waals surface area contributed by atoms with Crippen LogP contribution in [0.1, 0.15) is 25.8 Å². The van der Waals surface area contributed by atoms with Crippen molar-refractivity contribution in [2.45, 2.75) is 26.8 Å². The van der Waals surface area contributed by atoms with Gasteiger partial charge in [-0.3, -0.25) is 4.99 Å². The molecule has 0 spiro atoms. The largest absolute Gasteiger partial charge is 0.493 e. The Kier molecular flexibility index (Phi) is 7.96. The molecule has 0 bridgehead atoms. The SMILES string of the molecule is CCCNC(=NC)NCc1cc(OC)c(OCC)c(OC)c1. The van der Waals surface area contributed by atoms with E-state index in [1.807, 2.05) is 19.1 Å². The van der Waals surface area contributed by atoms with Crippen molar-refractivity contribution in [3.63, 3.8) is 0 Å². The minimum absolute atomic E-state index is 0.553. The summed E-state index contributed by atoms with van der Waals surface area (Å²) in [6.07, 6.45) is 1.05. The maximum absolute atomic E-state index is 5.60. The maximum atomic E-state index is 5.60. The zero-order chi connectivity index (χ0) is 16.4. The van der Waals surface area contributed by atoms with Gasteiger partial charge in [0.2, 0.25) is 5.75 Å². The van der Waals surface area contributed by atoms with Gasteiger partial charge in [0.15, 0.2) is 17.5 Å². The first kappa shape index (κ1) is 17.9. The van der Waals surface area contributed by atoms with E-state index < -0.39 is 0 Å². The number of nitrogens with zero attached hydrogens (tertiary/aromatic N) is 1. The predicted octanol–water partition coefficient (Wildman–Crippen LogP) is 2.18. The zero-order valence-electron chi connectivity index (χ0n) is 14.2. The van der Waals surface area contributed by atoms with E-state index in [9.17, 15) is 0 Å². The molecule has 0 aliphatic carbocycles. The van der Waals surface area contributed by atoms with Crippen molar-refractivity contribution in [1.29, 1.82) is 0 Å². The molecule has 22 heavy (non-hydrogen) atoms. The molecule has 0 saturated heterocycles. The minimum atomic E-state index is 0.553. The number of guanidine groups is 1. The van der Waals surface area contributed by atoms with Crippen LogP contribution in [-0.2, 0) is 6.54 Å². The monoisotopic (exact) mass is 309 g/mol. The molecule has 0 radical (unpaired) electrons. The third-order valence-electron chi connectivity index (χ3n) is 3.04. The van der Waals surface area contributed by atoms with Crippen LogP contribution in [0.5, 0.6) is 17.2 Å². The number of ether oxygens (including phenoxy) is 3. The van der Waals surface area contributed by atoms with Crippen molar-refractivity contribution < 1.29 is 14.2 Å². The summed E-state index contributed by atoms with van der Waals surface area (Å²) in [5.74, 6) is 2.72. The first-order chi connectivity index (χ1) is 10.7. The molecule has 6 heteroatoms. The van der Waals surface area contributed by atoms with Crippen molar-refractivity contribution in [1.82, 2.24) is 10.6 Å². The Balaban J connectivity index is 2.87. The molecule has 0 aliphatic rings. The Labute approximate surface area is 132 Å². The normalized spacial score (nSPS) is 11.0. The van der Waals surface area contributed by atoms with Crippen LogP contribution < -0.4 is 24.8 Å². The van der Waals surface area contributed by atoms with Gasteiger partial charge in [-0.1, -0.05) is 6.92 Å². The molecule has 0 unspecified atom stereocenters. The average molecular weight is 309 g/mol. The van der Waals surface area contributed by atoms with Crippen molar-refractivity contribution in [3.8, 4) is 17.2 Å². The van der Waals surface area contributed by atoms with Crippen LogP contribution in [-0.4, -0.2) is 40.4 Å². The first-order valence-corrected chi connectivity index (χ1v) is 7.52. The summed E-state index contributed by atoms with van der Waals surface area (Å²) in [6, 6.07) is 3.88. The van der Waals surface area contributed by atoms with Crippen LogP contribution in [0.25, 0.3) is 0 Å². The molecule has 0 heterocycles. The fourth-order valence-corrected chi connectivity index (χ4v) is 1.97. The van der Waals surface area contributed by atoms with Gasteiger partial charge in [-0.15, -0.1) is 0 Å². The summed E-state index contributed by atoms with van der Waals surface area (Å²) in [6.45, 7) is 6.09. The van der Waals surface area contributed by atoms with E-state index in [0.717, 1.165) is 24.5 Å². The predicted molar refractivity (Wildman–Crippen MR) is 89.2 cm³/mol. The molecule has 0 aliphatic heterocycles. The highest BCUT2D eigenvalue weighted by molar-refractivity contribution is 5.79. The van der Waals surface area contributed by atoms with Crippen molar-refractivity contribution in [2.75, 3.05) is 34.4 Å². The van der Waals surface area contributed by atoms with Crippen molar-refractivity contribution in [3.05, 3.63) is 17.7 Å². The summed E-state index contributed by atoms with van der Waals surface area (Å²) < 4.78 is 16.4. The Morgan fingerprint density at radius 1 is 1.09 bits per heavy atom. The number of aliphatic imine (C=N–C) groups is 1. The summed E-state index contributed by atoms with van der Waals surface area (Å²) in [4.78, 5) is 4.18. The summed E-state index contributed by atoms with van der Waals surface area (Å²) in [5, 5.41) is 6.49. The third-order valence-corrected chi connectivity index (χ3v) is 3.04. The standard InChI is InChI=1S/C16H27N3O3/c1-6-8-18-16(17-3)19-11-12-9-13(20-4)15(22-7-2)14(10-12)21-5/h9-10H,6-8,11H2,1-5H3,(H2,17,18,19). The summed E-state index contributed by atoms with van der Waals surface area (Å²) in [5.41, 5.74) is 1.02. The topological polar surface area (TPSA) is 64.1 Å². The van der Waals surface area contributed by atoms with Crippen molar-refractivity contribution in [2.24, 2.45) is 4.99 Å². The van der Waals surface area contributed by atoms with Gasteiger partial charge in [0.05, 0.1) is 20.8 Å². The smallest absolute Gasteiger partial charge is 0.203 e. The molecule has 0 atom stereocenters. The van der Waals surface area contributed by atoms with E-state index in [4.69, 9.17) is 14.2 Å². The molecule has 0 amide bonds. The minimum Gasteiger partial charge on any atom is -0.493 e. The van der Waals surface area contributed by atoms with E-state index in [0.29, 0.717) is 30.4 Å². The van der Waals surface area contributed by atoms with E-state index in [1.54, 1.807) is 21.3 Å². The Morgan fingerprint density at radius 2 is 1.73 bits per heavy atom. The van der Waals surface area contributed by atoms with Crippen LogP contribution in [0.15, 0.2) is 17.1 Å². The van der Waals surface area contributed by atoms with E-state index >= 15 is 0 Å². The number of hydrogen-bond donors (Lipinski definition) is 2. The number of nitrogens with one attached hydrogen (secondary N) is 2. The molecule has 0 aromatic heterocycles. The lowest BCUT2D eigenvalue weighted by molar-refractivity contribution is 0.288. The molecule has 1 aromatic rings. The number of methoxy groups -OCH3 is 2.